The number of piperidine rings is 1. The number of anilines is 1. The fraction of sp³-hybridized carbons (Fsp3) is 0.417. The number of carbonyl (C=O) groups is 2. The van der Waals surface area contributed by atoms with Crippen molar-refractivity contribution in [3.05, 3.63) is 48.2 Å². The highest BCUT2D eigenvalue weighted by Crippen LogP contribution is 2.30. The number of carbonyl (C=O) groups excluding carboxylic acids is 2. The molecule has 31 heavy (non-hydrogen) atoms. The summed E-state index contributed by atoms with van der Waals surface area (Å²) in [5.41, 5.74) is 3.25. The molecule has 2 amide bonds. The molecule has 7 nitrogen and oxygen atoms in total. The molecule has 0 spiro atoms. The highest BCUT2D eigenvalue weighted by molar-refractivity contribution is 5.95. The quantitative estimate of drug-likeness (QED) is 0.680. The molecule has 0 bridgehead atoms. The van der Waals surface area contributed by atoms with Crippen LogP contribution in [0.25, 0.3) is 16.8 Å². The first-order valence-corrected chi connectivity index (χ1v) is 11.2. The average molecular weight is 420 g/mol. The fourth-order valence-electron chi connectivity index (χ4n) is 3.81. The lowest BCUT2D eigenvalue weighted by Crippen LogP contribution is -2.35. The van der Waals surface area contributed by atoms with Crippen molar-refractivity contribution in [2.24, 2.45) is 5.92 Å². The van der Waals surface area contributed by atoms with E-state index in [4.69, 9.17) is 0 Å². The van der Waals surface area contributed by atoms with Gasteiger partial charge in [0.25, 0.3) is 5.91 Å². The van der Waals surface area contributed by atoms with Crippen molar-refractivity contribution in [2.45, 2.75) is 46.0 Å². The van der Waals surface area contributed by atoms with Crippen LogP contribution in [-0.2, 0) is 4.79 Å². The summed E-state index contributed by atoms with van der Waals surface area (Å²) < 4.78 is 1.67. The number of hydrogen-bond acceptors (Lipinski definition) is 4. The van der Waals surface area contributed by atoms with Gasteiger partial charge in [0, 0.05) is 36.3 Å². The lowest BCUT2D eigenvalue weighted by atomic mass is 10.0. The molecule has 7 heteroatoms. The zero-order valence-electron chi connectivity index (χ0n) is 18.2. The molecule has 1 aliphatic heterocycles. The van der Waals surface area contributed by atoms with Gasteiger partial charge >= 0.3 is 0 Å². The highest BCUT2D eigenvalue weighted by atomic mass is 16.2. The van der Waals surface area contributed by atoms with Crippen LogP contribution in [0, 0.1) is 5.92 Å². The predicted molar refractivity (Wildman–Crippen MR) is 121 cm³/mol. The Kier molecular flexibility index (Phi) is 6.30. The minimum absolute atomic E-state index is 0.0111. The Morgan fingerprint density at radius 3 is 2.39 bits per heavy atom. The third-order valence-corrected chi connectivity index (χ3v) is 5.63. The maximum atomic E-state index is 12.7. The fourth-order valence-corrected chi connectivity index (χ4v) is 3.81. The molecule has 1 saturated carbocycles. The second kappa shape index (κ2) is 9.29. The van der Waals surface area contributed by atoms with E-state index < -0.39 is 0 Å². The average Bonchev–Trinajstić information content (AvgIpc) is 3.60. The van der Waals surface area contributed by atoms with Crippen LogP contribution in [0.1, 0.15) is 56.3 Å². The standard InChI is InChI=1S/C22H23N5O2.C2H6/c28-20(16-8-9-16)24-22-23-19-18(5-4-14-27(19)25-22)15-6-10-17(11-7-15)21(29)26-12-2-1-3-13-26;1-2/h4-7,10-11,14,16H,1-3,8-9,12-13H2,(H,24,25,28);1-2H3. The molecule has 2 aliphatic rings. The van der Waals surface area contributed by atoms with E-state index in [1.807, 2.05) is 61.3 Å². The molecular formula is C24H29N5O2. The van der Waals surface area contributed by atoms with E-state index in [2.05, 4.69) is 15.4 Å². The highest BCUT2D eigenvalue weighted by Gasteiger charge is 2.30. The molecule has 5 rings (SSSR count). The number of rotatable bonds is 4. The maximum Gasteiger partial charge on any atom is 0.253 e. The van der Waals surface area contributed by atoms with E-state index in [0.29, 0.717) is 17.2 Å². The van der Waals surface area contributed by atoms with Gasteiger partial charge in [-0.15, -0.1) is 5.10 Å². The van der Waals surface area contributed by atoms with Crippen LogP contribution in [0.5, 0.6) is 0 Å². The molecule has 3 heterocycles. The lowest BCUT2D eigenvalue weighted by molar-refractivity contribution is -0.117. The summed E-state index contributed by atoms with van der Waals surface area (Å²) in [6, 6.07) is 11.5. The molecule has 1 aliphatic carbocycles. The Morgan fingerprint density at radius 1 is 1.00 bits per heavy atom. The molecule has 2 fully saturated rings. The van der Waals surface area contributed by atoms with Gasteiger partial charge in [0.15, 0.2) is 5.65 Å². The molecule has 162 valence electrons. The van der Waals surface area contributed by atoms with Gasteiger partial charge in [0.2, 0.25) is 11.9 Å². The molecule has 1 saturated heterocycles. The maximum absolute atomic E-state index is 12.7. The topological polar surface area (TPSA) is 79.6 Å². The van der Waals surface area contributed by atoms with Crippen molar-refractivity contribution in [3.63, 3.8) is 0 Å². The van der Waals surface area contributed by atoms with Crippen molar-refractivity contribution < 1.29 is 9.59 Å². The molecule has 2 aromatic heterocycles. The molecule has 3 aromatic rings. The number of fused-ring (bicyclic) bond motifs is 1. The third kappa shape index (κ3) is 4.60. The van der Waals surface area contributed by atoms with Crippen LogP contribution in [0.2, 0.25) is 0 Å². The minimum atomic E-state index is -0.0111. The van der Waals surface area contributed by atoms with Crippen molar-refractivity contribution in [2.75, 3.05) is 18.4 Å². The van der Waals surface area contributed by atoms with E-state index in [1.165, 1.54) is 6.42 Å². The Bertz CT molecular complexity index is 1060. The van der Waals surface area contributed by atoms with E-state index in [1.54, 1.807) is 4.52 Å². The summed E-state index contributed by atoms with van der Waals surface area (Å²) in [6.07, 6.45) is 7.05. The lowest BCUT2D eigenvalue weighted by Gasteiger charge is -2.26. The largest absolute Gasteiger partial charge is 0.339 e. The number of nitrogens with zero attached hydrogens (tertiary/aromatic N) is 4. The van der Waals surface area contributed by atoms with E-state index in [0.717, 1.165) is 49.9 Å². The van der Waals surface area contributed by atoms with Crippen LogP contribution in [-0.4, -0.2) is 44.4 Å². The molecule has 0 atom stereocenters. The van der Waals surface area contributed by atoms with Gasteiger partial charge in [-0.05, 0) is 61.9 Å². The number of likely N-dealkylation sites (tertiary alicyclic amines) is 1. The van der Waals surface area contributed by atoms with Gasteiger partial charge in [-0.2, -0.15) is 4.98 Å². The summed E-state index contributed by atoms with van der Waals surface area (Å²) >= 11 is 0. The second-order valence-corrected chi connectivity index (χ2v) is 7.82. The Balaban J connectivity index is 0.00000112. The first-order valence-electron chi connectivity index (χ1n) is 11.2. The smallest absolute Gasteiger partial charge is 0.253 e. The SMILES string of the molecule is CC.O=C(Nc1nc2c(-c3ccc(C(=O)N4CCCCC4)cc3)cccn2n1)C1CC1. The molecule has 0 radical (unpaired) electrons. The van der Waals surface area contributed by atoms with E-state index in [9.17, 15) is 9.59 Å². The zero-order valence-corrected chi connectivity index (χ0v) is 18.2. The van der Waals surface area contributed by atoms with Crippen molar-refractivity contribution in [3.8, 4) is 11.1 Å². The van der Waals surface area contributed by atoms with Gasteiger partial charge in [0.05, 0.1) is 0 Å². The molecule has 1 N–H and O–H groups in total. The van der Waals surface area contributed by atoms with Crippen LogP contribution < -0.4 is 5.32 Å². The minimum Gasteiger partial charge on any atom is -0.339 e. The zero-order chi connectivity index (χ0) is 21.8. The van der Waals surface area contributed by atoms with Crippen molar-refractivity contribution in [1.29, 1.82) is 0 Å². The van der Waals surface area contributed by atoms with E-state index >= 15 is 0 Å². The van der Waals surface area contributed by atoms with Gasteiger partial charge in [0.1, 0.15) is 0 Å². The number of benzene rings is 1. The van der Waals surface area contributed by atoms with Crippen molar-refractivity contribution in [1.82, 2.24) is 19.5 Å². The first kappa shape index (κ1) is 21.0. The predicted octanol–water partition coefficient (Wildman–Crippen LogP) is 4.40. The molecule has 0 unspecified atom stereocenters. The van der Waals surface area contributed by atoms with Crippen LogP contribution in [0.15, 0.2) is 42.6 Å². The summed E-state index contributed by atoms with van der Waals surface area (Å²) in [5, 5.41) is 7.17. The third-order valence-electron chi connectivity index (χ3n) is 5.63. The first-order chi connectivity index (χ1) is 15.2. The van der Waals surface area contributed by atoms with E-state index in [-0.39, 0.29) is 17.7 Å². The number of nitrogens with one attached hydrogen (secondary N) is 1. The van der Waals surface area contributed by atoms with Crippen LogP contribution in [0.4, 0.5) is 5.95 Å². The van der Waals surface area contributed by atoms with Gasteiger partial charge in [-0.1, -0.05) is 26.0 Å². The van der Waals surface area contributed by atoms with Gasteiger partial charge < -0.3 is 4.90 Å². The second-order valence-electron chi connectivity index (χ2n) is 7.82. The number of hydrogen-bond donors (Lipinski definition) is 1. The number of aromatic nitrogens is 3. The Hall–Kier alpha value is -3.22. The molecular weight excluding hydrogens is 390 g/mol. The number of amides is 2. The van der Waals surface area contributed by atoms with Crippen LogP contribution in [0.3, 0.4) is 0 Å². The number of pyridine rings is 1. The summed E-state index contributed by atoms with van der Waals surface area (Å²) in [5.74, 6) is 0.516. The Morgan fingerprint density at radius 2 is 1.71 bits per heavy atom. The van der Waals surface area contributed by atoms with Gasteiger partial charge in [-0.3, -0.25) is 14.9 Å². The normalized spacial score (nSPS) is 15.9. The van der Waals surface area contributed by atoms with Gasteiger partial charge in [-0.25, -0.2) is 4.52 Å². The Labute approximate surface area is 182 Å². The summed E-state index contributed by atoms with van der Waals surface area (Å²) in [6.45, 7) is 5.68. The summed E-state index contributed by atoms with van der Waals surface area (Å²) in [7, 11) is 0. The summed E-state index contributed by atoms with van der Waals surface area (Å²) in [4.78, 5) is 31.1. The van der Waals surface area contributed by atoms with Crippen molar-refractivity contribution >= 4 is 23.4 Å². The molecule has 1 aromatic carbocycles. The van der Waals surface area contributed by atoms with Crippen LogP contribution >= 0.6 is 0 Å². The monoisotopic (exact) mass is 419 g/mol.